The van der Waals surface area contributed by atoms with E-state index in [2.05, 4.69) is 16.1 Å². The number of ketones is 1. The number of carbonyl (C=O) groups excluding carboxylic acids is 3. The second-order valence-electron chi connectivity index (χ2n) is 4.10. The summed E-state index contributed by atoms with van der Waals surface area (Å²) in [5.74, 6) is -4.22. The lowest BCUT2D eigenvalue weighted by Gasteiger charge is -2.24. The molecule has 0 unspecified atom stereocenters. The van der Waals surface area contributed by atoms with Crippen LogP contribution in [0, 0.1) is 11.8 Å². The van der Waals surface area contributed by atoms with Gasteiger partial charge in [-0.05, 0) is 6.42 Å². The van der Waals surface area contributed by atoms with E-state index in [0.29, 0.717) is 0 Å². The van der Waals surface area contributed by atoms with E-state index in [4.69, 9.17) is 0 Å². The van der Waals surface area contributed by atoms with Crippen LogP contribution in [-0.2, 0) is 23.9 Å². The molecule has 0 amide bonds. The Kier molecular flexibility index (Phi) is 4.61. The van der Waals surface area contributed by atoms with Gasteiger partial charge in [-0.2, -0.15) is 0 Å². The molecule has 1 aliphatic rings. The molecule has 1 rings (SSSR count). The molecule has 0 aliphatic heterocycles. The maximum atomic E-state index is 11.7. The van der Waals surface area contributed by atoms with Gasteiger partial charge in [-0.1, -0.05) is 6.58 Å². The predicted molar refractivity (Wildman–Crippen MR) is 60.4 cm³/mol. The lowest BCUT2D eigenvalue weighted by Crippen LogP contribution is -2.39. The largest absolute Gasteiger partial charge is 0.469 e. The van der Waals surface area contributed by atoms with Gasteiger partial charge >= 0.3 is 11.9 Å². The molecule has 1 saturated carbocycles. The first-order valence-corrected chi connectivity index (χ1v) is 5.49. The van der Waals surface area contributed by atoms with Gasteiger partial charge < -0.3 is 14.6 Å². The van der Waals surface area contributed by atoms with E-state index in [1.807, 2.05) is 0 Å². The SMILES string of the molecule is C=C1C(=O)CC[C@H](O)[C@H](C(=O)OC)[C@H]1C(=O)OC. The fourth-order valence-corrected chi connectivity index (χ4v) is 2.08. The van der Waals surface area contributed by atoms with Crippen molar-refractivity contribution < 1.29 is 29.0 Å². The summed E-state index contributed by atoms with van der Waals surface area (Å²) in [7, 11) is 2.30. The van der Waals surface area contributed by atoms with E-state index in [1.165, 1.54) is 0 Å². The molecule has 1 aliphatic carbocycles. The Morgan fingerprint density at radius 3 is 2.33 bits per heavy atom. The summed E-state index contributed by atoms with van der Waals surface area (Å²) < 4.78 is 9.13. The Morgan fingerprint density at radius 2 is 1.83 bits per heavy atom. The van der Waals surface area contributed by atoms with Crippen molar-refractivity contribution in [2.45, 2.75) is 18.9 Å². The first-order chi connectivity index (χ1) is 8.43. The van der Waals surface area contributed by atoms with E-state index < -0.39 is 29.9 Å². The summed E-state index contributed by atoms with van der Waals surface area (Å²) in [6.07, 6.45) is -1.00. The second kappa shape index (κ2) is 5.77. The van der Waals surface area contributed by atoms with Crippen LogP contribution in [0.5, 0.6) is 0 Å². The smallest absolute Gasteiger partial charge is 0.314 e. The van der Waals surface area contributed by atoms with Crippen LogP contribution in [-0.4, -0.2) is 43.2 Å². The molecule has 0 aromatic heterocycles. The third-order valence-electron chi connectivity index (χ3n) is 3.10. The summed E-state index contributed by atoms with van der Waals surface area (Å²) in [5.41, 5.74) is -0.0196. The van der Waals surface area contributed by atoms with Crippen LogP contribution >= 0.6 is 0 Å². The Bertz CT molecular complexity index is 386. The molecule has 100 valence electrons. The van der Waals surface area contributed by atoms with Crippen LogP contribution < -0.4 is 0 Å². The molecule has 6 heteroatoms. The van der Waals surface area contributed by atoms with Crippen LogP contribution in [0.2, 0.25) is 0 Å². The Morgan fingerprint density at radius 1 is 1.28 bits per heavy atom. The van der Waals surface area contributed by atoms with Crippen LogP contribution in [0.4, 0.5) is 0 Å². The van der Waals surface area contributed by atoms with Gasteiger partial charge in [0.2, 0.25) is 0 Å². The van der Waals surface area contributed by atoms with E-state index in [-0.39, 0.29) is 24.2 Å². The standard InChI is InChI=1S/C12H16O6/c1-6-7(13)4-5-8(14)10(12(16)18-3)9(6)11(15)17-2/h8-10,14H,1,4-5H2,2-3H3/t8-,9-,10-/m0/s1. The van der Waals surface area contributed by atoms with Crippen molar-refractivity contribution in [1.29, 1.82) is 0 Å². The van der Waals surface area contributed by atoms with Crippen molar-refractivity contribution in [2.75, 3.05) is 14.2 Å². The first kappa shape index (κ1) is 14.4. The summed E-state index contributed by atoms with van der Waals surface area (Å²) >= 11 is 0. The maximum Gasteiger partial charge on any atom is 0.314 e. The van der Waals surface area contributed by atoms with Gasteiger partial charge in [0.25, 0.3) is 0 Å². The highest BCUT2D eigenvalue weighted by molar-refractivity contribution is 6.02. The number of hydrogen-bond acceptors (Lipinski definition) is 6. The van der Waals surface area contributed by atoms with Crippen molar-refractivity contribution in [3.63, 3.8) is 0 Å². The number of Topliss-reactive ketones (excluding diaryl/α,β-unsaturated/α-hetero) is 1. The number of ether oxygens (including phenoxy) is 2. The molecule has 1 N–H and O–H groups in total. The number of esters is 2. The molecule has 0 aromatic carbocycles. The minimum absolute atomic E-state index is 0.0196. The van der Waals surface area contributed by atoms with Gasteiger partial charge in [0.1, 0.15) is 11.8 Å². The van der Waals surface area contributed by atoms with E-state index in [0.717, 1.165) is 14.2 Å². The quantitative estimate of drug-likeness (QED) is 0.419. The number of carbonyl (C=O) groups is 3. The van der Waals surface area contributed by atoms with Crippen molar-refractivity contribution in [1.82, 2.24) is 0 Å². The lowest BCUT2D eigenvalue weighted by atomic mass is 9.83. The molecule has 0 heterocycles. The van der Waals surface area contributed by atoms with Crippen molar-refractivity contribution in [3.8, 4) is 0 Å². The van der Waals surface area contributed by atoms with Gasteiger partial charge in [0, 0.05) is 12.0 Å². The fraction of sp³-hybridized carbons (Fsp3) is 0.583. The van der Waals surface area contributed by atoms with Crippen LogP contribution in [0.1, 0.15) is 12.8 Å². The normalized spacial score (nSPS) is 28.5. The third-order valence-corrected chi connectivity index (χ3v) is 3.10. The average Bonchev–Trinajstić information content (AvgIpc) is 2.48. The molecule has 18 heavy (non-hydrogen) atoms. The number of aliphatic hydroxyl groups excluding tert-OH is 1. The molecule has 0 spiro atoms. The molecule has 3 atom stereocenters. The first-order valence-electron chi connectivity index (χ1n) is 5.49. The predicted octanol–water partition coefficient (Wildman–Crippen LogP) is -0.155. The van der Waals surface area contributed by atoms with E-state index >= 15 is 0 Å². The third kappa shape index (κ3) is 2.59. The number of rotatable bonds is 2. The van der Waals surface area contributed by atoms with Gasteiger partial charge in [-0.25, -0.2) is 0 Å². The summed E-state index contributed by atoms with van der Waals surface area (Å²) in [4.78, 5) is 35.0. The lowest BCUT2D eigenvalue weighted by molar-refractivity contribution is -0.160. The fourth-order valence-electron chi connectivity index (χ4n) is 2.08. The second-order valence-corrected chi connectivity index (χ2v) is 4.10. The minimum atomic E-state index is -1.19. The van der Waals surface area contributed by atoms with Gasteiger partial charge in [0.05, 0.1) is 20.3 Å². The highest BCUT2D eigenvalue weighted by atomic mass is 16.5. The minimum Gasteiger partial charge on any atom is -0.469 e. The zero-order chi connectivity index (χ0) is 13.9. The van der Waals surface area contributed by atoms with E-state index in [9.17, 15) is 19.5 Å². The maximum absolute atomic E-state index is 11.7. The highest BCUT2D eigenvalue weighted by Gasteiger charge is 2.45. The van der Waals surface area contributed by atoms with E-state index in [1.54, 1.807) is 0 Å². The van der Waals surface area contributed by atoms with Crippen LogP contribution in [0.3, 0.4) is 0 Å². The summed E-state index contributed by atoms with van der Waals surface area (Å²) in [6, 6.07) is 0. The van der Waals surface area contributed by atoms with Gasteiger partial charge in [-0.3, -0.25) is 14.4 Å². The zero-order valence-electron chi connectivity index (χ0n) is 10.3. The molecule has 0 radical (unpaired) electrons. The summed E-state index contributed by atoms with van der Waals surface area (Å²) in [6.45, 7) is 3.54. The monoisotopic (exact) mass is 256 g/mol. The molecule has 1 fully saturated rings. The van der Waals surface area contributed by atoms with Crippen molar-refractivity contribution in [2.24, 2.45) is 11.8 Å². The number of aliphatic hydroxyl groups is 1. The molecule has 6 nitrogen and oxygen atoms in total. The highest BCUT2D eigenvalue weighted by Crippen LogP contribution is 2.32. The van der Waals surface area contributed by atoms with Crippen molar-refractivity contribution in [3.05, 3.63) is 12.2 Å². The van der Waals surface area contributed by atoms with Crippen molar-refractivity contribution >= 4 is 17.7 Å². The van der Waals surface area contributed by atoms with Crippen LogP contribution in [0.25, 0.3) is 0 Å². The number of methoxy groups -OCH3 is 2. The van der Waals surface area contributed by atoms with Gasteiger partial charge in [0.15, 0.2) is 5.78 Å². The molecule has 0 saturated heterocycles. The molecular weight excluding hydrogens is 240 g/mol. The molecular formula is C12H16O6. The Hall–Kier alpha value is -1.69. The Labute approximate surface area is 105 Å². The number of hydrogen-bond donors (Lipinski definition) is 1. The summed E-state index contributed by atoms with van der Waals surface area (Å²) in [5, 5.41) is 9.90. The molecule has 0 aromatic rings. The topological polar surface area (TPSA) is 89.9 Å². The van der Waals surface area contributed by atoms with Gasteiger partial charge in [-0.15, -0.1) is 0 Å². The molecule has 0 bridgehead atoms. The van der Waals surface area contributed by atoms with Crippen LogP contribution in [0.15, 0.2) is 12.2 Å². The average molecular weight is 256 g/mol. The zero-order valence-corrected chi connectivity index (χ0v) is 10.3. The Balaban J connectivity index is 3.20.